The fourth-order valence-corrected chi connectivity index (χ4v) is 3.75. The summed E-state index contributed by atoms with van der Waals surface area (Å²) >= 11 is 0. The van der Waals surface area contributed by atoms with Gasteiger partial charge < -0.3 is 5.32 Å². The van der Waals surface area contributed by atoms with Crippen LogP contribution in [0.5, 0.6) is 0 Å². The molecular weight excluding hydrogens is 350 g/mol. The molecule has 2 fully saturated rings. The fraction of sp³-hybridized carbons (Fsp3) is 0.522. The van der Waals surface area contributed by atoms with Crippen molar-refractivity contribution in [2.24, 2.45) is 5.92 Å². The summed E-state index contributed by atoms with van der Waals surface area (Å²) in [5, 5.41) is 7.80. The van der Waals surface area contributed by atoms with Crippen molar-refractivity contribution < 1.29 is 4.79 Å². The molecule has 5 heteroatoms. The maximum absolute atomic E-state index is 13.2. The molecular formula is C23H29N3O2. The zero-order chi connectivity index (χ0) is 19.9. The molecule has 2 aliphatic rings. The van der Waals surface area contributed by atoms with Gasteiger partial charge >= 0.3 is 0 Å². The second-order valence-electron chi connectivity index (χ2n) is 8.82. The van der Waals surface area contributed by atoms with Gasteiger partial charge in [-0.05, 0) is 50.2 Å². The molecule has 2 aliphatic carbocycles. The number of benzene rings is 1. The highest BCUT2D eigenvalue weighted by Gasteiger charge is 2.51. The van der Waals surface area contributed by atoms with E-state index in [9.17, 15) is 9.59 Å². The third kappa shape index (κ3) is 3.75. The lowest BCUT2D eigenvalue weighted by molar-refractivity contribution is -0.124. The topological polar surface area (TPSA) is 64.0 Å². The van der Waals surface area contributed by atoms with Crippen LogP contribution in [0.4, 0.5) is 0 Å². The molecule has 0 saturated heterocycles. The van der Waals surface area contributed by atoms with E-state index in [1.807, 2.05) is 6.07 Å². The Morgan fingerprint density at radius 3 is 2.43 bits per heavy atom. The lowest BCUT2D eigenvalue weighted by atomic mass is 9.93. The minimum atomic E-state index is -0.408. The smallest absolute Gasteiger partial charge is 0.266 e. The molecule has 2 saturated carbocycles. The van der Waals surface area contributed by atoms with Gasteiger partial charge in [0.05, 0.1) is 23.7 Å². The Labute approximate surface area is 166 Å². The first kappa shape index (κ1) is 18.9. The van der Waals surface area contributed by atoms with E-state index in [-0.39, 0.29) is 23.4 Å². The van der Waals surface area contributed by atoms with Crippen LogP contribution in [0.15, 0.2) is 41.2 Å². The molecule has 1 aromatic carbocycles. The normalized spacial score (nSPS) is 18.7. The number of amides is 1. The van der Waals surface area contributed by atoms with Crippen molar-refractivity contribution in [3.63, 3.8) is 0 Å². The quantitative estimate of drug-likeness (QED) is 0.803. The van der Waals surface area contributed by atoms with Gasteiger partial charge in [0.25, 0.3) is 5.56 Å². The number of hydrogen-bond donors (Lipinski definition) is 1. The van der Waals surface area contributed by atoms with E-state index in [1.165, 1.54) is 10.2 Å². The number of carbonyl (C=O) groups is 1. The van der Waals surface area contributed by atoms with Gasteiger partial charge in [0.15, 0.2) is 0 Å². The van der Waals surface area contributed by atoms with Gasteiger partial charge in [0.1, 0.15) is 0 Å². The average Bonchev–Trinajstić information content (AvgIpc) is 3.55. The highest BCUT2D eigenvalue weighted by Crippen LogP contribution is 2.48. The fourth-order valence-electron chi connectivity index (χ4n) is 3.75. The molecule has 0 unspecified atom stereocenters. The first-order chi connectivity index (χ1) is 13.4. The Hall–Kier alpha value is -2.43. The minimum absolute atomic E-state index is 0.0708. The monoisotopic (exact) mass is 379 g/mol. The van der Waals surface area contributed by atoms with Gasteiger partial charge in [-0.3, -0.25) is 9.59 Å². The van der Waals surface area contributed by atoms with Crippen LogP contribution in [0.1, 0.15) is 62.3 Å². The highest BCUT2D eigenvalue weighted by molar-refractivity contribution is 5.91. The largest absolute Gasteiger partial charge is 0.350 e. The van der Waals surface area contributed by atoms with Gasteiger partial charge in [-0.15, -0.1) is 0 Å². The molecule has 148 valence electrons. The van der Waals surface area contributed by atoms with Crippen LogP contribution < -0.4 is 10.9 Å². The summed E-state index contributed by atoms with van der Waals surface area (Å²) in [6.07, 6.45) is 4.05. The number of aromatic nitrogens is 2. The predicted octanol–water partition coefficient (Wildman–Crippen LogP) is 3.30. The summed E-state index contributed by atoms with van der Waals surface area (Å²) in [7, 11) is 0. The Kier molecular flexibility index (Phi) is 4.86. The molecule has 0 aliphatic heterocycles. The van der Waals surface area contributed by atoms with Crippen molar-refractivity contribution in [1.82, 2.24) is 15.1 Å². The summed E-state index contributed by atoms with van der Waals surface area (Å²) in [5.74, 6) is 0.771. The molecule has 4 rings (SSSR count). The van der Waals surface area contributed by atoms with Crippen molar-refractivity contribution >= 4 is 5.91 Å². The van der Waals surface area contributed by atoms with Crippen LogP contribution in [-0.2, 0) is 16.8 Å². The van der Waals surface area contributed by atoms with Crippen molar-refractivity contribution in [1.29, 1.82) is 0 Å². The number of hydrogen-bond acceptors (Lipinski definition) is 3. The molecule has 1 heterocycles. The van der Waals surface area contributed by atoms with Crippen molar-refractivity contribution in [2.45, 2.75) is 70.4 Å². The first-order valence-corrected chi connectivity index (χ1v) is 10.4. The maximum Gasteiger partial charge on any atom is 0.266 e. The molecule has 2 aromatic rings. The van der Waals surface area contributed by atoms with E-state index in [1.54, 1.807) is 6.07 Å². The second-order valence-corrected chi connectivity index (χ2v) is 8.82. The maximum atomic E-state index is 13.2. The zero-order valence-corrected chi connectivity index (χ0v) is 16.9. The SMILES string of the molecule is Cc1ccc(C2(C(=O)N[C@@H](Cn3nc(C4CC4)ccc3=O)C(C)C)CC2)cc1. The van der Waals surface area contributed by atoms with Gasteiger partial charge in [0.2, 0.25) is 5.91 Å². The molecule has 0 bridgehead atoms. The van der Waals surface area contributed by atoms with E-state index in [4.69, 9.17) is 0 Å². The molecule has 1 aromatic heterocycles. The minimum Gasteiger partial charge on any atom is -0.350 e. The zero-order valence-electron chi connectivity index (χ0n) is 16.9. The third-order valence-corrected chi connectivity index (χ3v) is 6.16. The Balaban J connectivity index is 1.51. The van der Waals surface area contributed by atoms with Gasteiger partial charge in [0, 0.05) is 12.0 Å². The molecule has 5 nitrogen and oxygen atoms in total. The van der Waals surface area contributed by atoms with E-state index >= 15 is 0 Å². The van der Waals surface area contributed by atoms with Crippen LogP contribution in [0.2, 0.25) is 0 Å². The van der Waals surface area contributed by atoms with Crippen LogP contribution in [0, 0.1) is 12.8 Å². The highest BCUT2D eigenvalue weighted by atomic mass is 16.2. The van der Waals surface area contributed by atoms with Crippen molar-refractivity contribution in [2.75, 3.05) is 0 Å². The van der Waals surface area contributed by atoms with Crippen LogP contribution in [0.3, 0.4) is 0 Å². The van der Waals surface area contributed by atoms with Crippen molar-refractivity contribution in [3.05, 3.63) is 63.6 Å². The summed E-state index contributed by atoms with van der Waals surface area (Å²) in [5.41, 5.74) is 2.76. The van der Waals surface area contributed by atoms with E-state index in [0.717, 1.165) is 36.9 Å². The van der Waals surface area contributed by atoms with Gasteiger partial charge in [-0.25, -0.2) is 4.68 Å². The number of nitrogens with zero attached hydrogens (tertiary/aromatic N) is 2. The Morgan fingerprint density at radius 1 is 1.18 bits per heavy atom. The summed E-state index contributed by atoms with van der Waals surface area (Å²) in [4.78, 5) is 25.5. The summed E-state index contributed by atoms with van der Waals surface area (Å²) in [6.45, 7) is 6.61. The van der Waals surface area contributed by atoms with E-state index in [0.29, 0.717) is 12.5 Å². The second kappa shape index (κ2) is 7.19. The number of aryl methyl sites for hydroxylation is 1. The molecule has 0 radical (unpaired) electrons. The van der Waals surface area contributed by atoms with Crippen LogP contribution >= 0.6 is 0 Å². The number of carbonyl (C=O) groups excluding carboxylic acids is 1. The molecule has 28 heavy (non-hydrogen) atoms. The molecule has 1 atom stereocenters. The lowest BCUT2D eigenvalue weighted by Gasteiger charge is -2.26. The van der Waals surface area contributed by atoms with E-state index in [2.05, 4.69) is 55.5 Å². The van der Waals surface area contributed by atoms with Crippen molar-refractivity contribution in [3.8, 4) is 0 Å². The predicted molar refractivity (Wildman–Crippen MR) is 109 cm³/mol. The molecule has 1 amide bonds. The standard InChI is InChI=1S/C23H29N3O2/c1-15(2)20(14-26-21(27)11-10-19(25-26)17-6-7-17)24-22(28)23(12-13-23)18-8-4-16(3)5-9-18/h4-5,8-11,15,17,20H,6-7,12-14H2,1-3H3,(H,24,28)/t20-/m0/s1. The number of rotatable bonds is 7. The van der Waals surface area contributed by atoms with Gasteiger partial charge in [-0.2, -0.15) is 5.10 Å². The molecule has 0 spiro atoms. The first-order valence-electron chi connectivity index (χ1n) is 10.4. The van der Waals surface area contributed by atoms with Gasteiger partial charge in [-0.1, -0.05) is 43.7 Å². The van der Waals surface area contributed by atoms with E-state index < -0.39 is 5.41 Å². The Bertz CT molecular complexity index is 922. The summed E-state index contributed by atoms with van der Waals surface area (Å²) in [6, 6.07) is 11.6. The Morgan fingerprint density at radius 2 is 1.86 bits per heavy atom. The number of nitrogens with one attached hydrogen (secondary N) is 1. The lowest BCUT2D eigenvalue weighted by Crippen LogP contribution is -2.47. The third-order valence-electron chi connectivity index (χ3n) is 6.16. The van der Waals surface area contributed by atoms with Crippen LogP contribution in [-0.4, -0.2) is 21.7 Å². The van der Waals surface area contributed by atoms with Crippen LogP contribution in [0.25, 0.3) is 0 Å². The summed E-state index contributed by atoms with van der Waals surface area (Å²) < 4.78 is 1.53. The molecule has 1 N–H and O–H groups in total. The average molecular weight is 380 g/mol.